The number of halogens is 1. The van der Waals surface area contributed by atoms with Crippen molar-refractivity contribution in [2.75, 3.05) is 6.54 Å². The molecular formula is C16H14ClN3O3. The fraction of sp³-hybridized carbons (Fsp3) is 0.0625. The topological polar surface area (TPSA) is 90.8 Å². The molecule has 2 rings (SSSR count). The summed E-state index contributed by atoms with van der Waals surface area (Å²) in [5, 5.41) is 15.9. The molecule has 0 aromatic heterocycles. The maximum absolute atomic E-state index is 11.8. The minimum absolute atomic E-state index is 0.149. The lowest BCUT2D eigenvalue weighted by molar-refractivity contribution is -0.120. The van der Waals surface area contributed by atoms with Crippen molar-refractivity contribution >= 4 is 29.6 Å². The summed E-state index contributed by atoms with van der Waals surface area (Å²) in [4.78, 5) is 23.4. The fourth-order valence-corrected chi connectivity index (χ4v) is 1.77. The van der Waals surface area contributed by atoms with Crippen LogP contribution in [0.3, 0.4) is 0 Å². The molecule has 118 valence electrons. The highest BCUT2D eigenvalue weighted by Gasteiger charge is 2.07. The third-order valence-electron chi connectivity index (χ3n) is 2.81. The number of hydrazone groups is 1. The van der Waals surface area contributed by atoms with Gasteiger partial charge in [0.1, 0.15) is 5.75 Å². The van der Waals surface area contributed by atoms with Gasteiger partial charge in [0, 0.05) is 10.6 Å². The van der Waals surface area contributed by atoms with E-state index in [9.17, 15) is 9.59 Å². The van der Waals surface area contributed by atoms with Crippen LogP contribution >= 0.6 is 11.6 Å². The molecule has 0 bridgehead atoms. The van der Waals surface area contributed by atoms with Gasteiger partial charge in [-0.15, -0.1) is 0 Å². The second kappa shape index (κ2) is 7.95. The molecule has 0 heterocycles. The number of amides is 2. The molecule has 7 heteroatoms. The zero-order valence-corrected chi connectivity index (χ0v) is 12.7. The Bertz CT molecular complexity index is 712. The number of nitrogens with one attached hydrogen (secondary N) is 2. The Balaban J connectivity index is 1.77. The molecule has 0 spiro atoms. The first-order chi connectivity index (χ1) is 11.0. The van der Waals surface area contributed by atoms with Gasteiger partial charge in [0.15, 0.2) is 0 Å². The Hall–Kier alpha value is -2.86. The molecule has 6 nitrogen and oxygen atoms in total. The highest BCUT2D eigenvalue weighted by atomic mass is 35.5. The highest BCUT2D eigenvalue weighted by Crippen LogP contribution is 2.09. The van der Waals surface area contributed by atoms with Crippen molar-refractivity contribution in [3.05, 3.63) is 64.7 Å². The lowest BCUT2D eigenvalue weighted by atomic mass is 10.2. The summed E-state index contributed by atoms with van der Waals surface area (Å²) in [5.41, 5.74) is 3.42. The van der Waals surface area contributed by atoms with Gasteiger partial charge in [-0.25, -0.2) is 5.43 Å². The first-order valence-electron chi connectivity index (χ1n) is 6.69. The molecule has 0 fully saturated rings. The summed E-state index contributed by atoms with van der Waals surface area (Å²) < 4.78 is 0. The molecule has 2 amide bonds. The van der Waals surface area contributed by atoms with Crippen molar-refractivity contribution in [2.45, 2.75) is 0 Å². The Kier molecular flexibility index (Phi) is 5.71. The summed E-state index contributed by atoms with van der Waals surface area (Å²) in [6.45, 7) is -0.200. The minimum Gasteiger partial charge on any atom is -0.508 e. The van der Waals surface area contributed by atoms with Crippen molar-refractivity contribution in [1.82, 2.24) is 10.7 Å². The van der Waals surface area contributed by atoms with Gasteiger partial charge in [0.25, 0.3) is 11.8 Å². The molecule has 0 radical (unpaired) electrons. The fourth-order valence-electron chi connectivity index (χ4n) is 1.64. The molecule has 0 aliphatic carbocycles. The number of nitrogens with zero attached hydrogens (tertiary/aromatic N) is 1. The number of benzene rings is 2. The van der Waals surface area contributed by atoms with E-state index in [4.69, 9.17) is 16.7 Å². The third kappa shape index (κ3) is 5.44. The summed E-state index contributed by atoms with van der Waals surface area (Å²) in [7, 11) is 0. The van der Waals surface area contributed by atoms with E-state index in [1.807, 2.05) is 0 Å². The lowest BCUT2D eigenvalue weighted by Crippen LogP contribution is -2.34. The number of phenolic OH excluding ortho intramolecular Hbond substituents is 1. The highest BCUT2D eigenvalue weighted by molar-refractivity contribution is 6.30. The van der Waals surface area contributed by atoms with Crippen LogP contribution in [0, 0.1) is 0 Å². The van der Waals surface area contributed by atoms with Crippen LogP contribution in [0.1, 0.15) is 15.9 Å². The van der Waals surface area contributed by atoms with E-state index in [0.29, 0.717) is 16.1 Å². The number of carbonyl (C=O) groups excluding carboxylic acids is 2. The van der Waals surface area contributed by atoms with Crippen LogP contribution < -0.4 is 10.7 Å². The molecule has 23 heavy (non-hydrogen) atoms. The predicted octanol–water partition coefficient (Wildman–Crippen LogP) is 1.93. The van der Waals surface area contributed by atoms with E-state index < -0.39 is 5.91 Å². The van der Waals surface area contributed by atoms with Crippen LogP contribution in [0.25, 0.3) is 0 Å². The van der Waals surface area contributed by atoms with Gasteiger partial charge in [-0.3, -0.25) is 9.59 Å². The van der Waals surface area contributed by atoms with Crippen LogP contribution in [-0.4, -0.2) is 29.7 Å². The monoisotopic (exact) mass is 331 g/mol. The molecule has 3 N–H and O–H groups in total. The average molecular weight is 332 g/mol. The molecule has 0 unspecified atom stereocenters. The van der Waals surface area contributed by atoms with E-state index in [0.717, 1.165) is 0 Å². The SMILES string of the molecule is O=C(CNC(=O)c1ccc(Cl)cc1)NN=Cc1ccc(O)cc1. The van der Waals surface area contributed by atoms with Crippen LogP contribution in [0.15, 0.2) is 53.6 Å². The van der Waals surface area contributed by atoms with Crippen LogP contribution in [0.5, 0.6) is 5.75 Å². The van der Waals surface area contributed by atoms with Crippen molar-refractivity contribution < 1.29 is 14.7 Å². The zero-order chi connectivity index (χ0) is 16.7. The summed E-state index contributed by atoms with van der Waals surface area (Å²) in [6.07, 6.45) is 1.43. The smallest absolute Gasteiger partial charge is 0.259 e. The van der Waals surface area contributed by atoms with Gasteiger partial charge in [-0.1, -0.05) is 11.6 Å². The number of carbonyl (C=O) groups is 2. The Morgan fingerprint density at radius 1 is 1.09 bits per heavy atom. The molecule has 0 aliphatic heterocycles. The first kappa shape index (κ1) is 16.5. The van der Waals surface area contributed by atoms with Crippen molar-refractivity contribution in [3.8, 4) is 5.75 Å². The van der Waals surface area contributed by atoms with Crippen LogP contribution in [-0.2, 0) is 4.79 Å². The molecule has 2 aromatic carbocycles. The van der Waals surface area contributed by atoms with Gasteiger partial charge >= 0.3 is 0 Å². The van der Waals surface area contributed by atoms with Gasteiger partial charge in [-0.05, 0) is 54.1 Å². The van der Waals surface area contributed by atoms with Gasteiger partial charge < -0.3 is 10.4 Å². The van der Waals surface area contributed by atoms with E-state index in [2.05, 4.69) is 15.8 Å². The largest absolute Gasteiger partial charge is 0.508 e. The number of hydrogen-bond acceptors (Lipinski definition) is 4. The number of aromatic hydroxyl groups is 1. The predicted molar refractivity (Wildman–Crippen MR) is 87.6 cm³/mol. The second-order valence-electron chi connectivity index (χ2n) is 4.57. The molecular weight excluding hydrogens is 318 g/mol. The van der Waals surface area contributed by atoms with Crippen molar-refractivity contribution in [3.63, 3.8) is 0 Å². The third-order valence-corrected chi connectivity index (χ3v) is 3.06. The average Bonchev–Trinajstić information content (AvgIpc) is 2.55. The standard InChI is InChI=1S/C16H14ClN3O3/c17-13-5-3-12(4-6-13)16(23)18-10-15(22)20-19-9-11-1-7-14(21)8-2-11/h1-9,21H,10H2,(H,18,23)(H,20,22). The van der Waals surface area contributed by atoms with Crippen LogP contribution in [0.4, 0.5) is 0 Å². The van der Waals surface area contributed by atoms with Crippen LogP contribution in [0.2, 0.25) is 5.02 Å². The van der Waals surface area contributed by atoms with E-state index in [-0.39, 0.29) is 18.2 Å². The molecule has 0 atom stereocenters. The van der Waals surface area contributed by atoms with Gasteiger partial charge in [0.05, 0.1) is 12.8 Å². The normalized spacial score (nSPS) is 10.5. The molecule has 0 aliphatic rings. The Labute approximate surface area is 137 Å². The number of hydrogen-bond donors (Lipinski definition) is 3. The number of rotatable bonds is 5. The maximum Gasteiger partial charge on any atom is 0.259 e. The van der Waals surface area contributed by atoms with E-state index >= 15 is 0 Å². The summed E-state index contributed by atoms with van der Waals surface area (Å²) in [6, 6.07) is 12.6. The first-order valence-corrected chi connectivity index (χ1v) is 7.07. The zero-order valence-electron chi connectivity index (χ0n) is 12.0. The summed E-state index contributed by atoms with van der Waals surface area (Å²) in [5.74, 6) is -0.683. The molecule has 0 saturated carbocycles. The molecule has 2 aromatic rings. The number of phenols is 1. The van der Waals surface area contributed by atoms with Gasteiger partial charge in [-0.2, -0.15) is 5.10 Å². The molecule has 0 saturated heterocycles. The van der Waals surface area contributed by atoms with E-state index in [1.54, 1.807) is 36.4 Å². The Morgan fingerprint density at radius 3 is 2.39 bits per heavy atom. The van der Waals surface area contributed by atoms with Crippen molar-refractivity contribution in [1.29, 1.82) is 0 Å². The minimum atomic E-state index is -0.456. The Morgan fingerprint density at radius 2 is 1.74 bits per heavy atom. The quantitative estimate of drug-likeness (QED) is 0.577. The van der Waals surface area contributed by atoms with Gasteiger partial charge in [0.2, 0.25) is 0 Å². The summed E-state index contributed by atoms with van der Waals surface area (Å²) >= 11 is 5.73. The maximum atomic E-state index is 11.8. The van der Waals surface area contributed by atoms with Crippen molar-refractivity contribution in [2.24, 2.45) is 5.10 Å². The van der Waals surface area contributed by atoms with E-state index in [1.165, 1.54) is 18.3 Å². The lowest BCUT2D eigenvalue weighted by Gasteiger charge is -2.04. The second-order valence-corrected chi connectivity index (χ2v) is 5.01.